The van der Waals surface area contributed by atoms with Crippen LogP contribution in [0.1, 0.15) is 102 Å². The summed E-state index contributed by atoms with van der Waals surface area (Å²) in [4.78, 5) is 0. The largest absolute Gasteiger partial charge is 0.0839 e. The van der Waals surface area contributed by atoms with Crippen molar-refractivity contribution >= 4 is 11.6 Å². The zero-order valence-electron chi connectivity index (χ0n) is 30.6. The van der Waals surface area contributed by atoms with Gasteiger partial charge in [0.05, 0.1) is 0 Å². The highest BCUT2D eigenvalue weighted by molar-refractivity contribution is 5.75. The Morgan fingerprint density at radius 2 is 1.00 bits per heavy atom. The fourth-order valence-corrected chi connectivity index (χ4v) is 11.7. The highest BCUT2D eigenvalue weighted by Crippen LogP contribution is 2.61. The van der Waals surface area contributed by atoms with Crippen LogP contribution in [0.5, 0.6) is 0 Å². The number of rotatable bonds is 3. The molecule has 0 heteroatoms. The first-order valence-corrected chi connectivity index (χ1v) is 19.8. The van der Waals surface area contributed by atoms with E-state index < -0.39 is 0 Å². The van der Waals surface area contributed by atoms with E-state index in [1.165, 1.54) is 73.6 Å². The highest BCUT2D eigenvalue weighted by atomic mass is 14.5. The quantitative estimate of drug-likeness (QED) is 0.305. The lowest BCUT2D eigenvalue weighted by atomic mass is 9.69. The van der Waals surface area contributed by atoms with Crippen LogP contribution in [-0.2, 0) is 6.42 Å². The van der Waals surface area contributed by atoms with Gasteiger partial charge < -0.3 is 0 Å². The van der Waals surface area contributed by atoms with E-state index in [1.807, 2.05) is 0 Å². The molecule has 4 unspecified atom stereocenters. The summed E-state index contributed by atoms with van der Waals surface area (Å²) in [5.41, 5.74) is 22.6. The lowest BCUT2D eigenvalue weighted by Crippen LogP contribution is -2.27. The van der Waals surface area contributed by atoms with Crippen molar-refractivity contribution < 1.29 is 0 Å². The minimum absolute atomic E-state index is 0.308. The lowest BCUT2D eigenvalue weighted by molar-refractivity contribution is 0.206. The molecule has 2 saturated carbocycles. The van der Waals surface area contributed by atoms with Gasteiger partial charge in [-0.25, -0.2) is 0 Å². The number of allylic oxidation sites excluding steroid dienone is 23. The monoisotopic (exact) mass is 652 g/mol. The zero-order valence-corrected chi connectivity index (χ0v) is 30.6. The summed E-state index contributed by atoms with van der Waals surface area (Å²) in [5, 5.41) is 0. The number of aryl methyl sites for hydroxylation is 1. The molecule has 1 aromatic rings. The molecular formula is C50H52. The second kappa shape index (κ2) is 11.3. The van der Waals surface area contributed by atoms with E-state index in [-0.39, 0.29) is 0 Å². The van der Waals surface area contributed by atoms with Gasteiger partial charge in [-0.05, 0) is 177 Å². The molecule has 252 valence electrons. The van der Waals surface area contributed by atoms with Crippen molar-refractivity contribution in [2.75, 3.05) is 0 Å². The normalized spacial score (nSPS) is 31.2. The fourth-order valence-electron chi connectivity index (χ4n) is 11.7. The van der Waals surface area contributed by atoms with Gasteiger partial charge in [0.2, 0.25) is 0 Å². The Balaban J connectivity index is 0.871. The first-order valence-electron chi connectivity index (χ1n) is 19.8. The predicted octanol–water partition coefficient (Wildman–Crippen LogP) is 13.0. The number of hydrogen-bond acceptors (Lipinski definition) is 0. The van der Waals surface area contributed by atoms with Crippen molar-refractivity contribution in [2.24, 2.45) is 34.5 Å². The smallest absolute Gasteiger partial charge is 0.00612 e. The minimum Gasteiger partial charge on any atom is -0.0839 e. The standard InChI is InChI=1S/C50H52/c1-49(2)45-11-7-5-9-41(45)43-23-21-39(29-47(43)49)37-19-17-33-25-31(13-15-35(33)27-37)32-14-16-36-28-38(20-18-34(36)26-32)40-22-24-44-42-10-6-8-12-46(42)50(3,4)48(44)30-40/h5-10,17,19,21-28,45-48H,11-16,18,20,29-30H2,1-4H3. The third kappa shape index (κ3) is 4.69. The molecule has 1 aromatic carbocycles. The van der Waals surface area contributed by atoms with Gasteiger partial charge >= 0.3 is 0 Å². The molecule has 0 radical (unpaired) electrons. The van der Waals surface area contributed by atoms with E-state index in [0.717, 1.165) is 12.8 Å². The third-order valence-corrected chi connectivity index (χ3v) is 14.9. The third-order valence-electron chi connectivity index (χ3n) is 14.9. The second-order valence-electron chi connectivity index (χ2n) is 17.9. The molecule has 0 nitrogen and oxygen atoms in total. The van der Waals surface area contributed by atoms with Crippen LogP contribution in [0.2, 0.25) is 0 Å². The summed E-state index contributed by atoms with van der Waals surface area (Å²) in [5.74, 6) is 2.61. The number of hydrogen-bond donors (Lipinski definition) is 0. The van der Waals surface area contributed by atoms with Gasteiger partial charge in [-0.2, -0.15) is 0 Å². The Labute approximate surface area is 300 Å². The molecule has 0 heterocycles. The van der Waals surface area contributed by atoms with Gasteiger partial charge in [0.15, 0.2) is 0 Å². The van der Waals surface area contributed by atoms with Crippen molar-refractivity contribution in [2.45, 2.75) is 91.9 Å². The van der Waals surface area contributed by atoms with Crippen LogP contribution in [0.3, 0.4) is 0 Å². The van der Waals surface area contributed by atoms with Crippen molar-refractivity contribution in [3.8, 4) is 0 Å². The minimum atomic E-state index is 0.308. The molecule has 0 aromatic heterocycles. The van der Waals surface area contributed by atoms with Crippen LogP contribution >= 0.6 is 0 Å². The summed E-state index contributed by atoms with van der Waals surface area (Å²) in [6.45, 7) is 10.1. The molecule has 0 N–H and O–H groups in total. The van der Waals surface area contributed by atoms with E-state index in [1.54, 1.807) is 55.7 Å². The average molecular weight is 653 g/mol. The maximum atomic E-state index is 2.60. The van der Waals surface area contributed by atoms with Gasteiger partial charge in [0.25, 0.3) is 0 Å². The van der Waals surface area contributed by atoms with E-state index in [4.69, 9.17) is 0 Å². The van der Waals surface area contributed by atoms with Crippen molar-refractivity contribution in [3.63, 3.8) is 0 Å². The van der Waals surface area contributed by atoms with Gasteiger partial charge in [0.1, 0.15) is 0 Å². The molecule has 10 rings (SSSR count). The average Bonchev–Trinajstić information content (AvgIpc) is 3.53. The van der Waals surface area contributed by atoms with Gasteiger partial charge in [-0.1, -0.05) is 125 Å². The molecule has 9 aliphatic carbocycles. The van der Waals surface area contributed by atoms with Crippen LogP contribution in [0, 0.1) is 34.5 Å². The Morgan fingerprint density at radius 1 is 0.480 bits per heavy atom. The molecule has 50 heavy (non-hydrogen) atoms. The molecule has 0 saturated heterocycles. The van der Waals surface area contributed by atoms with Gasteiger partial charge in [-0.3, -0.25) is 0 Å². The maximum Gasteiger partial charge on any atom is -0.00612 e. The van der Waals surface area contributed by atoms with Crippen molar-refractivity contribution in [3.05, 3.63) is 164 Å². The Hall–Kier alpha value is -3.90. The van der Waals surface area contributed by atoms with Crippen LogP contribution in [0.15, 0.2) is 147 Å². The van der Waals surface area contributed by atoms with E-state index in [9.17, 15) is 0 Å². The van der Waals surface area contributed by atoms with Gasteiger partial charge in [0, 0.05) is 0 Å². The zero-order chi connectivity index (χ0) is 33.8. The topological polar surface area (TPSA) is 0 Å². The Morgan fingerprint density at radius 3 is 1.64 bits per heavy atom. The number of fused-ring (bicyclic) bond motifs is 7. The summed E-state index contributed by atoms with van der Waals surface area (Å²) >= 11 is 0. The number of benzene rings is 1. The lowest BCUT2D eigenvalue weighted by Gasteiger charge is -2.35. The highest BCUT2D eigenvalue weighted by Gasteiger charge is 2.50. The van der Waals surface area contributed by atoms with E-state index in [0.29, 0.717) is 34.5 Å². The Kier molecular flexibility index (Phi) is 6.98. The summed E-state index contributed by atoms with van der Waals surface area (Å²) in [6.07, 6.45) is 43.5. The maximum absolute atomic E-state index is 2.60. The molecule has 0 bridgehead atoms. The summed E-state index contributed by atoms with van der Waals surface area (Å²) in [6, 6.07) is 7.36. The van der Waals surface area contributed by atoms with Gasteiger partial charge in [-0.15, -0.1) is 0 Å². The van der Waals surface area contributed by atoms with Crippen LogP contribution < -0.4 is 0 Å². The Bertz CT molecular complexity index is 2100. The molecular weight excluding hydrogens is 601 g/mol. The predicted molar refractivity (Wildman–Crippen MR) is 211 cm³/mol. The van der Waals surface area contributed by atoms with Crippen LogP contribution in [0.25, 0.3) is 11.6 Å². The van der Waals surface area contributed by atoms with E-state index in [2.05, 4.69) is 125 Å². The SMILES string of the molecule is CC1(C)C2CC=CC=C2C2=CC=C(C3=CC4=C(C=C(C5=Cc6ccc(C7=CC=C8C9=CC=CCC9C(C)(C)C8C7)cc6CC5)CC4)CC3)CC21. The summed E-state index contributed by atoms with van der Waals surface area (Å²) in [7, 11) is 0. The van der Waals surface area contributed by atoms with Crippen molar-refractivity contribution in [1.29, 1.82) is 0 Å². The van der Waals surface area contributed by atoms with Crippen LogP contribution in [-0.4, -0.2) is 0 Å². The summed E-state index contributed by atoms with van der Waals surface area (Å²) < 4.78 is 0. The first-order chi connectivity index (χ1) is 24.3. The molecule has 9 aliphatic rings. The molecule has 0 spiro atoms. The molecule has 0 aliphatic heterocycles. The molecule has 2 fully saturated rings. The van der Waals surface area contributed by atoms with E-state index >= 15 is 0 Å². The van der Waals surface area contributed by atoms with Crippen molar-refractivity contribution in [1.82, 2.24) is 0 Å². The molecule has 0 amide bonds. The molecule has 4 atom stereocenters. The fraction of sp³-hybridized carbons (Fsp3) is 0.400. The second-order valence-corrected chi connectivity index (χ2v) is 17.9. The van der Waals surface area contributed by atoms with Crippen LogP contribution in [0.4, 0.5) is 0 Å². The first kappa shape index (κ1) is 30.9.